The summed E-state index contributed by atoms with van der Waals surface area (Å²) in [5.41, 5.74) is 1.85. The number of piperidine rings is 1. The molecule has 1 aromatic carbocycles. The molecule has 1 saturated heterocycles. The molecule has 0 spiro atoms. The van der Waals surface area contributed by atoms with Gasteiger partial charge in [0.15, 0.2) is 17.0 Å². The quantitative estimate of drug-likeness (QED) is 0.484. The van der Waals surface area contributed by atoms with Crippen LogP contribution in [0.4, 0.5) is 5.69 Å². The summed E-state index contributed by atoms with van der Waals surface area (Å²) in [6.07, 6.45) is 3.05. The molecule has 10 heteroatoms. The van der Waals surface area contributed by atoms with Crippen molar-refractivity contribution in [1.82, 2.24) is 29.2 Å². The van der Waals surface area contributed by atoms with Crippen LogP contribution in [0.25, 0.3) is 11.2 Å². The Kier molecular flexibility index (Phi) is 3.98. The zero-order valence-corrected chi connectivity index (χ0v) is 17.8. The van der Waals surface area contributed by atoms with Crippen LogP contribution in [0.15, 0.2) is 46.2 Å². The Hall–Kier alpha value is -3.20. The molecule has 9 nitrogen and oxygen atoms in total. The van der Waals surface area contributed by atoms with Gasteiger partial charge in [-0.05, 0) is 37.0 Å². The third kappa shape index (κ3) is 2.87. The summed E-state index contributed by atoms with van der Waals surface area (Å²) in [4.78, 5) is 28.1. The molecule has 6 rings (SSSR count). The highest BCUT2D eigenvalue weighted by Gasteiger charge is 2.62. The van der Waals surface area contributed by atoms with Crippen LogP contribution < -0.4 is 10.5 Å². The maximum Gasteiger partial charge on any atom is 0.280 e. The van der Waals surface area contributed by atoms with Gasteiger partial charge in [0.25, 0.3) is 5.56 Å². The normalized spacial score (nSPS) is 24.7. The van der Waals surface area contributed by atoms with Gasteiger partial charge in [-0.25, -0.2) is 9.97 Å². The van der Waals surface area contributed by atoms with Crippen LogP contribution in [-0.4, -0.2) is 41.8 Å². The molecule has 0 radical (unpaired) electrons. The zero-order valence-electron chi connectivity index (χ0n) is 17.0. The Morgan fingerprint density at radius 3 is 2.87 bits per heavy atom. The smallest absolute Gasteiger partial charge is 0.280 e. The highest BCUT2D eigenvalue weighted by Crippen LogP contribution is 2.61. The molecule has 0 amide bonds. The Labute approximate surface area is 182 Å². The number of hydrogen-bond acceptors (Lipinski definition) is 7. The van der Waals surface area contributed by atoms with Crippen molar-refractivity contribution in [2.24, 2.45) is 18.9 Å². The van der Waals surface area contributed by atoms with E-state index in [1.165, 1.54) is 10.9 Å². The lowest BCUT2D eigenvalue weighted by Crippen LogP contribution is -2.32. The van der Waals surface area contributed by atoms with Gasteiger partial charge in [0.05, 0.1) is 6.33 Å². The molecule has 4 aromatic rings. The summed E-state index contributed by atoms with van der Waals surface area (Å²) in [6, 6.07) is 8.35. The Balaban J connectivity index is 1.19. The molecule has 4 heterocycles. The minimum Gasteiger partial charge on any atom is -0.368 e. The average Bonchev–Trinajstić information content (AvgIpc) is 3.04. The summed E-state index contributed by atoms with van der Waals surface area (Å²) < 4.78 is 8.61. The van der Waals surface area contributed by atoms with Gasteiger partial charge < -0.3 is 14.0 Å². The highest BCUT2D eigenvalue weighted by molar-refractivity contribution is 6.30. The fraction of sp³-hybridized carbons (Fsp3) is 0.381. The van der Waals surface area contributed by atoms with Gasteiger partial charge >= 0.3 is 0 Å². The number of nitrogens with zero attached hydrogens (tertiary/aromatic N) is 7. The summed E-state index contributed by atoms with van der Waals surface area (Å²) in [7, 11) is 1.77. The van der Waals surface area contributed by atoms with E-state index in [0.29, 0.717) is 34.9 Å². The summed E-state index contributed by atoms with van der Waals surface area (Å²) >= 11 is 6.17. The first-order valence-corrected chi connectivity index (χ1v) is 10.6. The number of aromatic nitrogens is 6. The number of anilines is 1. The molecule has 158 valence electrons. The van der Waals surface area contributed by atoms with E-state index in [9.17, 15) is 4.79 Å². The summed E-state index contributed by atoms with van der Waals surface area (Å²) in [6.45, 7) is 3.37. The second-order valence-electron chi connectivity index (χ2n) is 8.39. The Bertz CT molecular complexity index is 1360. The molecule has 3 aromatic heterocycles. The molecule has 2 aliphatic rings. The first-order valence-electron chi connectivity index (χ1n) is 10.2. The third-order valence-electron chi connectivity index (χ3n) is 6.61. The number of aryl methyl sites for hydroxylation is 1. The minimum absolute atomic E-state index is 0.182. The number of benzene rings is 1. The van der Waals surface area contributed by atoms with E-state index >= 15 is 0 Å². The van der Waals surface area contributed by atoms with Gasteiger partial charge in [-0.2, -0.15) is 4.98 Å². The lowest BCUT2D eigenvalue weighted by molar-refractivity contribution is 0.363. The van der Waals surface area contributed by atoms with Crippen LogP contribution in [0.1, 0.15) is 24.6 Å². The molecule has 1 aliphatic carbocycles. The number of rotatable bonds is 4. The van der Waals surface area contributed by atoms with E-state index in [1.54, 1.807) is 17.9 Å². The van der Waals surface area contributed by atoms with Crippen molar-refractivity contribution in [2.75, 3.05) is 11.4 Å². The van der Waals surface area contributed by atoms with Crippen molar-refractivity contribution in [2.45, 2.75) is 25.4 Å². The van der Waals surface area contributed by atoms with Crippen molar-refractivity contribution in [3.63, 3.8) is 0 Å². The fourth-order valence-corrected chi connectivity index (χ4v) is 5.24. The van der Waals surface area contributed by atoms with Gasteiger partial charge in [0, 0.05) is 36.3 Å². The van der Waals surface area contributed by atoms with E-state index in [2.05, 4.69) is 38.0 Å². The molecule has 1 saturated carbocycles. The van der Waals surface area contributed by atoms with E-state index in [4.69, 9.17) is 16.1 Å². The summed E-state index contributed by atoms with van der Waals surface area (Å²) in [5.74, 6) is 2.40. The molecule has 0 N–H and O–H groups in total. The summed E-state index contributed by atoms with van der Waals surface area (Å²) in [5, 5.41) is 4.97. The van der Waals surface area contributed by atoms with Gasteiger partial charge in [0.2, 0.25) is 5.89 Å². The molecular weight excluding hydrogens is 418 g/mol. The van der Waals surface area contributed by atoms with E-state index in [0.717, 1.165) is 23.1 Å². The number of imidazole rings is 1. The Morgan fingerprint density at radius 1 is 1.26 bits per heavy atom. The first-order chi connectivity index (χ1) is 15.0. The van der Waals surface area contributed by atoms with Gasteiger partial charge in [-0.1, -0.05) is 22.8 Å². The van der Waals surface area contributed by atoms with Crippen molar-refractivity contribution in [1.29, 1.82) is 0 Å². The van der Waals surface area contributed by atoms with E-state index < -0.39 is 0 Å². The van der Waals surface area contributed by atoms with Crippen molar-refractivity contribution in [3.8, 4) is 0 Å². The highest BCUT2D eigenvalue weighted by atomic mass is 35.5. The lowest BCUT2D eigenvalue weighted by atomic mass is 10.1. The predicted molar refractivity (Wildman–Crippen MR) is 114 cm³/mol. The second kappa shape index (κ2) is 6.65. The second-order valence-corrected chi connectivity index (χ2v) is 8.83. The van der Waals surface area contributed by atoms with Crippen LogP contribution in [-0.2, 0) is 13.6 Å². The monoisotopic (exact) mass is 437 g/mol. The van der Waals surface area contributed by atoms with Crippen molar-refractivity contribution in [3.05, 3.63) is 64.0 Å². The molecule has 1 aliphatic heterocycles. The minimum atomic E-state index is -0.182. The number of halogens is 1. The third-order valence-corrected chi connectivity index (χ3v) is 6.85. The van der Waals surface area contributed by atoms with Gasteiger partial charge in [-0.15, -0.1) is 0 Å². The lowest BCUT2D eigenvalue weighted by Gasteiger charge is -2.28. The van der Waals surface area contributed by atoms with Crippen LogP contribution in [0, 0.1) is 11.8 Å². The van der Waals surface area contributed by atoms with Crippen LogP contribution in [0.5, 0.6) is 0 Å². The first kappa shape index (κ1) is 18.6. The number of hydrogen-bond donors (Lipinski definition) is 0. The van der Waals surface area contributed by atoms with E-state index in [1.807, 2.05) is 18.2 Å². The van der Waals surface area contributed by atoms with Crippen molar-refractivity contribution >= 4 is 28.5 Å². The maximum absolute atomic E-state index is 12.7. The molecule has 4 atom stereocenters. The largest absolute Gasteiger partial charge is 0.368 e. The standard InChI is InChI=1S/C21H20ClN7O2/c1-11-16-14(7-29(11)13-5-3-4-12(22)6-13)17(16)19-25-15(31-26-19)8-28-10-24-20-18(21(28)30)27(2)9-23-20/h3-6,9-11,14,16-17H,7-8H2,1-2H3/t11-,14-,16+,17+/m0/s1. The van der Waals surface area contributed by atoms with Gasteiger partial charge in [-0.3, -0.25) is 9.36 Å². The number of fused-ring (bicyclic) bond motifs is 2. The van der Waals surface area contributed by atoms with E-state index in [-0.39, 0.29) is 18.0 Å². The maximum atomic E-state index is 12.7. The molecule has 0 bridgehead atoms. The van der Waals surface area contributed by atoms with Crippen LogP contribution in [0.3, 0.4) is 0 Å². The zero-order chi connectivity index (χ0) is 21.3. The average molecular weight is 438 g/mol. The molecule has 31 heavy (non-hydrogen) atoms. The fourth-order valence-electron chi connectivity index (χ4n) is 5.05. The SMILES string of the molecule is C[C@H]1[C@@H]2[C@H](CN1c1cccc(Cl)c1)[C@H]2c1noc(Cn2cnc3ncn(C)c3c2=O)n1. The van der Waals surface area contributed by atoms with Crippen LogP contribution in [0.2, 0.25) is 5.02 Å². The van der Waals surface area contributed by atoms with Crippen LogP contribution >= 0.6 is 11.6 Å². The van der Waals surface area contributed by atoms with Gasteiger partial charge in [0.1, 0.15) is 12.9 Å². The molecule has 2 fully saturated rings. The topological polar surface area (TPSA) is 94.9 Å². The molecular formula is C21H20ClN7O2. The molecule has 0 unspecified atom stereocenters. The Morgan fingerprint density at radius 2 is 2.10 bits per heavy atom. The predicted octanol–water partition coefficient (Wildman–Crippen LogP) is 2.45. The van der Waals surface area contributed by atoms with Crippen molar-refractivity contribution < 1.29 is 4.52 Å².